The molecule has 0 fully saturated rings. The molecule has 0 saturated heterocycles. The normalized spacial score (nSPS) is 10.2. The van der Waals surface area contributed by atoms with E-state index in [-0.39, 0.29) is 11.8 Å². The number of carbonyl (C=O) groups excluding carboxylic acids is 2. The van der Waals surface area contributed by atoms with Crippen LogP contribution in [0.25, 0.3) is 0 Å². The summed E-state index contributed by atoms with van der Waals surface area (Å²) in [5.41, 5.74) is 3.82. The molecular weight excluding hydrogens is 352 g/mol. The topological polar surface area (TPSA) is 67.4 Å². The van der Waals surface area contributed by atoms with Crippen molar-refractivity contribution in [1.82, 2.24) is 0 Å². The lowest BCUT2D eigenvalue weighted by atomic mass is 10.1. The van der Waals surface area contributed by atoms with E-state index >= 15 is 0 Å². The smallest absolute Gasteiger partial charge is 0.255 e. The van der Waals surface area contributed by atoms with Gasteiger partial charge in [0, 0.05) is 23.9 Å². The van der Waals surface area contributed by atoms with E-state index < -0.39 is 0 Å². The Hall–Kier alpha value is -3.60. The Morgan fingerprint density at radius 2 is 1.61 bits per heavy atom. The summed E-state index contributed by atoms with van der Waals surface area (Å²) >= 11 is 0. The van der Waals surface area contributed by atoms with Crippen LogP contribution >= 0.6 is 0 Å². The summed E-state index contributed by atoms with van der Waals surface area (Å²) in [5, 5.41) is 5.60. The van der Waals surface area contributed by atoms with E-state index in [1.807, 2.05) is 43.3 Å². The third-order valence-corrected chi connectivity index (χ3v) is 4.17. The molecule has 0 aliphatic carbocycles. The van der Waals surface area contributed by atoms with E-state index in [1.54, 1.807) is 36.4 Å². The number of aryl methyl sites for hydroxylation is 1. The molecule has 0 spiro atoms. The number of nitrogens with one attached hydrogen (secondary N) is 2. The predicted octanol–water partition coefficient (Wildman–Crippen LogP) is 4.78. The first-order chi connectivity index (χ1) is 13.5. The minimum Gasteiger partial charge on any atom is -0.489 e. The Labute approximate surface area is 164 Å². The molecule has 3 aromatic carbocycles. The predicted molar refractivity (Wildman–Crippen MR) is 111 cm³/mol. The third-order valence-electron chi connectivity index (χ3n) is 4.17. The molecule has 0 radical (unpaired) electrons. The molecule has 5 nitrogen and oxygen atoms in total. The second-order valence-corrected chi connectivity index (χ2v) is 6.46. The van der Waals surface area contributed by atoms with E-state index in [9.17, 15) is 9.59 Å². The average Bonchev–Trinajstić information content (AvgIpc) is 2.70. The van der Waals surface area contributed by atoms with Crippen LogP contribution in [-0.2, 0) is 11.4 Å². The Bertz CT molecular complexity index is 967. The number of rotatable bonds is 6. The van der Waals surface area contributed by atoms with Gasteiger partial charge in [0.2, 0.25) is 5.91 Å². The highest BCUT2D eigenvalue weighted by atomic mass is 16.5. The van der Waals surface area contributed by atoms with Gasteiger partial charge in [0.15, 0.2) is 0 Å². The highest BCUT2D eigenvalue weighted by Gasteiger charge is 2.08. The van der Waals surface area contributed by atoms with Crippen LogP contribution in [0, 0.1) is 6.92 Å². The number of ether oxygens (including phenoxy) is 1. The lowest BCUT2D eigenvalue weighted by Gasteiger charge is -2.11. The van der Waals surface area contributed by atoms with Crippen LogP contribution in [0.4, 0.5) is 11.4 Å². The highest BCUT2D eigenvalue weighted by molar-refractivity contribution is 6.04. The van der Waals surface area contributed by atoms with Crippen LogP contribution in [-0.4, -0.2) is 11.8 Å². The summed E-state index contributed by atoms with van der Waals surface area (Å²) in [7, 11) is 0. The van der Waals surface area contributed by atoms with Crippen molar-refractivity contribution in [2.75, 3.05) is 10.6 Å². The summed E-state index contributed by atoms with van der Waals surface area (Å²) in [4.78, 5) is 23.8. The second kappa shape index (κ2) is 8.86. The number of hydrogen-bond acceptors (Lipinski definition) is 3. The fraction of sp³-hybridized carbons (Fsp3) is 0.130. The van der Waals surface area contributed by atoms with Gasteiger partial charge in [0.1, 0.15) is 12.4 Å². The van der Waals surface area contributed by atoms with E-state index in [0.29, 0.717) is 29.3 Å². The van der Waals surface area contributed by atoms with Gasteiger partial charge in [-0.1, -0.05) is 36.4 Å². The van der Waals surface area contributed by atoms with Gasteiger partial charge < -0.3 is 15.4 Å². The first-order valence-electron chi connectivity index (χ1n) is 8.97. The van der Waals surface area contributed by atoms with Gasteiger partial charge in [-0.25, -0.2) is 0 Å². The zero-order chi connectivity index (χ0) is 19.9. The molecule has 0 atom stereocenters. The van der Waals surface area contributed by atoms with Crippen LogP contribution in [0.2, 0.25) is 0 Å². The monoisotopic (exact) mass is 374 g/mol. The quantitative estimate of drug-likeness (QED) is 0.652. The number of benzene rings is 3. The first-order valence-corrected chi connectivity index (χ1v) is 8.97. The van der Waals surface area contributed by atoms with E-state index in [2.05, 4.69) is 10.6 Å². The molecule has 0 unspecified atom stereocenters. The van der Waals surface area contributed by atoms with Crippen molar-refractivity contribution in [3.05, 3.63) is 89.5 Å². The Kier molecular flexibility index (Phi) is 6.07. The summed E-state index contributed by atoms with van der Waals surface area (Å²) < 4.78 is 5.74. The minimum atomic E-state index is -0.229. The molecule has 0 aliphatic rings. The molecule has 0 bridgehead atoms. The van der Waals surface area contributed by atoms with Crippen LogP contribution < -0.4 is 15.4 Å². The van der Waals surface area contributed by atoms with Crippen LogP contribution in [0.5, 0.6) is 5.75 Å². The number of hydrogen-bond donors (Lipinski definition) is 2. The van der Waals surface area contributed by atoms with Crippen LogP contribution in [0.1, 0.15) is 28.4 Å². The fourth-order valence-corrected chi connectivity index (χ4v) is 2.67. The summed E-state index contributed by atoms with van der Waals surface area (Å²) in [6.07, 6.45) is 0. The van der Waals surface area contributed by atoms with Gasteiger partial charge >= 0.3 is 0 Å². The summed E-state index contributed by atoms with van der Waals surface area (Å²) in [5.74, 6) is 0.314. The molecule has 28 heavy (non-hydrogen) atoms. The molecule has 5 heteroatoms. The first kappa shape index (κ1) is 19.2. The molecule has 3 rings (SSSR count). The standard InChI is InChI=1S/C23H22N2O3/c1-16-8-11-20(14-22(16)24-17(2)26)25-23(27)19-9-12-21(13-10-19)28-15-18-6-4-3-5-7-18/h3-14H,15H2,1-2H3,(H,24,26)(H,25,27). The third kappa shape index (κ3) is 5.20. The lowest BCUT2D eigenvalue weighted by molar-refractivity contribution is -0.114. The molecule has 2 amide bonds. The molecule has 0 saturated carbocycles. The Balaban J connectivity index is 1.62. The summed E-state index contributed by atoms with van der Waals surface area (Å²) in [6.45, 7) is 3.82. The van der Waals surface area contributed by atoms with Gasteiger partial charge in [-0.15, -0.1) is 0 Å². The fourth-order valence-electron chi connectivity index (χ4n) is 2.67. The molecule has 0 heterocycles. The van der Waals surface area contributed by atoms with Crippen molar-refractivity contribution in [3.8, 4) is 5.75 Å². The largest absolute Gasteiger partial charge is 0.489 e. The van der Waals surface area contributed by atoms with Crippen molar-refractivity contribution in [3.63, 3.8) is 0 Å². The Morgan fingerprint density at radius 3 is 2.29 bits per heavy atom. The maximum atomic E-state index is 12.5. The molecule has 142 valence electrons. The van der Waals surface area contributed by atoms with Crippen molar-refractivity contribution in [2.45, 2.75) is 20.5 Å². The average molecular weight is 374 g/mol. The van der Waals surface area contributed by atoms with Crippen LogP contribution in [0.15, 0.2) is 72.8 Å². The molecule has 0 aliphatic heterocycles. The maximum absolute atomic E-state index is 12.5. The van der Waals surface area contributed by atoms with E-state index in [4.69, 9.17) is 4.74 Å². The van der Waals surface area contributed by atoms with Gasteiger partial charge in [0.05, 0.1) is 0 Å². The zero-order valence-electron chi connectivity index (χ0n) is 15.9. The molecule has 2 N–H and O–H groups in total. The lowest BCUT2D eigenvalue weighted by Crippen LogP contribution is -2.13. The van der Waals surface area contributed by atoms with Crippen molar-refractivity contribution in [1.29, 1.82) is 0 Å². The zero-order valence-corrected chi connectivity index (χ0v) is 15.9. The van der Waals surface area contributed by atoms with Gasteiger partial charge in [-0.3, -0.25) is 9.59 Å². The second-order valence-electron chi connectivity index (χ2n) is 6.46. The molecular formula is C23H22N2O3. The summed E-state index contributed by atoms with van der Waals surface area (Å²) in [6, 6.07) is 22.3. The van der Waals surface area contributed by atoms with Gasteiger partial charge in [0.25, 0.3) is 5.91 Å². The molecule has 3 aromatic rings. The van der Waals surface area contributed by atoms with E-state index in [0.717, 1.165) is 11.1 Å². The molecule has 0 aromatic heterocycles. The maximum Gasteiger partial charge on any atom is 0.255 e. The SMILES string of the molecule is CC(=O)Nc1cc(NC(=O)c2ccc(OCc3ccccc3)cc2)ccc1C. The van der Waals surface area contributed by atoms with Crippen molar-refractivity contribution < 1.29 is 14.3 Å². The van der Waals surface area contributed by atoms with Crippen molar-refractivity contribution in [2.24, 2.45) is 0 Å². The van der Waals surface area contributed by atoms with E-state index in [1.165, 1.54) is 6.92 Å². The number of anilines is 2. The van der Waals surface area contributed by atoms with Gasteiger partial charge in [-0.05, 0) is 54.4 Å². The Morgan fingerprint density at radius 1 is 0.893 bits per heavy atom. The minimum absolute atomic E-state index is 0.155. The highest BCUT2D eigenvalue weighted by Crippen LogP contribution is 2.21. The van der Waals surface area contributed by atoms with Crippen molar-refractivity contribution >= 4 is 23.2 Å². The number of carbonyl (C=O) groups is 2. The van der Waals surface area contributed by atoms with Crippen LogP contribution in [0.3, 0.4) is 0 Å². The van der Waals surface area contributed by atoms with Gasteiger partial charge in [-0.2, -0.15) is 0 Å². The number of amides is 2.